The number of carbonyl (C=O) groups is 1. The third kappa shape index (κ3) is 2.95. The first-order chi connectivity index (χ1) is 12.2. The summed E-state index contributed by atoms with van der Waals surface area (Å²) in [6, 6.07) is 13.8. The van der Waals surface area contributed by atoms with Crippen LogP contribution in [0.15, 0.2) is 48.7 Å². The smallest absolute Gasteiger partial charge is 0.164 e. The minimum Gasteiger partial charge on any atom is -0.487 e. The molecule has 0 bridgehead atoms. The summed E-state index contributed by atoms with van der Waals surface area (Å²) >= 11 is 0. The van der Waals surface area contributed by atoms with Crippen molar-refractivity contribution in [2.24, 2.45) is 0 Å². The van der Waals surface area contributed by atoms with Crippen molar-refractivity contribution in [3.8, 4) is 17.0 Å². The average Bonchev–Trinajstić information content (AvgIpc) is 2.99. The summed E-state index contributed by atoms with van der Waals surface area (Å²) in [5, 5.41) is 0. The van der Waals surface area contributed by atoms with Gasteiger partial charge in [-0.15, -0.1) is 0 Å². The summed E-state index contributed by atoms with van der Waals surface area (Å²) in [6.07, 6.45) is 4.24. The number of ether oxygens (including phenoxy) is 1. The van der Waals surface area contributed by atoms with Crippen LogP contribution in [-0.4, -0.2) is 15.8 Å². The third-order valence-corrected chi connectivity index (χ3v) is 4.66. The molecule has 0 aliphatic heterocycles. The van der Waals surface area contributed by atoms with Crippen LogP contribution < -0.4 is 4.74 Å². The predicted octanol–water partition coefficient (Wildman–Crippen LogP) is 4.48. The van der Waals surface area contributed by atoms with Crippen LogP contribution in [0, 0.1) is 6.92 Å². The number of ketones is 1. The Hall–Kier alpha value is -2.88. The van der Waals surface area contributed by atoms with Crippen LogP contribution in [-0.2, 0) is 13.0 Å². The number of pyridine rings is 1. The summed E-state index contributed by atoms with van der Waals surface area (Å²) in [4.78, 5) is 20.0. The van der Waals surface area contributed by atoms with Gasteiger partial charge in [-0.05, 0) is 49.6 Å². The molecule has 3 aromatic rings. The first kappa shape index (κ1) is 15.6. The van der Waals surface area contributed by atoms with E-state index in [0.29, 0.717) is 13.0 Å². The van der Waals surface area contributed by atoms with Crippen molar-refractivity contribution in [2.75, 3.05) is 0 Å². The van der Waals surface area contributed by atoms with Crippen molar-refractivity contribution in [1.29, 1.82) is 0 Å². The molecule has 0 saturated heterocycles. The number of Topliss-reactive ketones (excluding diaryl/α,β-unsaturated/α-hetero) is 1. The zero-order chi connectivity index (χ0) is 17.2. The lowest BCUT2D eigenvalue weighted by Gasteiger charge is -2.15. The largest absolute Gasteiger partial charge is 0.487 e. The Morgan fingerprint density at radius 2 is 1.96 bits per heavy atom. The second-order valence-electron chi connectivity index (χ2n) is 6.36. The summed E-state index contributed by atoms with van der Waals surface area (Å²) in [5.41, 5.74) is 5.85. The molecular formula is C21H20N2O2. The number of aromatic amines is 1. The number of H-pyrrole nitrogens is 1. The van der Waals surface area contributed by atoms with Gasteiger partial charge in [0.1, 0.15) is 12.4 Å². The van der Waals surface area contributed by atoms with Crippen molar-refractivity contribution in [1.82, 2.24) is 9.97 Å². The quantitative estimate of drug-likeness (QED) is 0.766. The number of rotatable bonds is 4. The number of carbonyl (C=O) groups excluding carboxylic acids is 1. The molecule has 2 aromatic heterocycles. The number of hydrogen-bond acceptors (Lipinski definition) is 3. The number of para-hydroxylation sites is 1. The lowest BCUT2D eigenvalue weighted by atomic mass is 9.89. The van der Waals surface area contributed by atoms with E-state index < -0.39 is 0 Å². The van der Waals surface area contributed by atoms with Gasteiger partial charge in [-0.2, -0.15) is 0 Å². The third-order valence-electron chi connectivity index (χ3n) is 4.66. The number of hydrogen-bond donors (Lipinski definition) is 1. The van der Waals surface area contributed by atoms with Crippen molar-refractivity contribution in [3.05, 3.63) is 71.2 Å². The van der Waals surface area contributed by atoms with Gasteiger partial charge in [-0.25, -0.2) is 0 Å². The minimum absolute atomic E-state index is 0.244. The average molecular weight is 332 g/mol. The molecule has 126 valence electrons. The Morgan fingerprint density at radius 1 is 1.12 bits per heavy atom. The zero-order valence-electron chi connectivity index (χ0n) is 14.2. The molecule has 0 atom stereocenters. The lowest BCUT2D eigenvalue weighted by Crippen LogP contribution is -2.10. The van der Waals surface area contributed by atoms with Gasteiger partial charge in [0, 0.05) is 29.4 Å². The second kappa shape index (κ2) is 6.55. The number of benzene rings is 1. The van der Waals surface area contributed by atoms with Crippen molar-refractivity contribution < 1.29 is 9.53 Å². The van der Waals surface area contributed by atoms with Crippen molar-refractivity contribution in [3.63, 3.8) is 0 Å². The van der Waals surface area contributed by atoms with Gasteiger partial charge in [0.15, 0.2) is 5.78 Å². The number of aryl methyl sites for hydroxylation is 1. The summed E-state index contributed by atoms with van der Waals surface area (Å²) in [7, 11) is 0. The van der Waals surface area contributed by atoms with E-state index in [2.05, 4.69) is 9.97 Å². The Balaban J connectivity index is 1.70. The van der Waals surface area contributed by atoms with Crippen LogP contribution in [0.25, 0.3) is 11.3 Å². The highest BCUT2D eigenvalue weighted by molar-refractivity contribution is 6.01. The maximum Gasteiger partial charge on any atom is 0.164 e. The fourth-order valence-corrected chi connectivity index (χ4v) is 3.52. The highest BCUT2D eigenvalue weighted by Gasteiger charge is 2.26. The Morgan fingerprint density at radius 3 is 2.80 bits per heavy atom. The molecule has 0 spiro atoms. The molecule has 0 saturated carbocycles. The molecule has 0 fully saturated rings. The van der Waals surface area contributed by atoms with Gasteiger partial charge in [0.25, 0.3) is 0 Å². The van der Waals surface area contributed by atoms with Crippen LogP contribution in [0.2, 0.25) is 0 Å². The molecule has 1 N–H and O–H groups in total. The summed E-state index contributed by atoms with van der Waals surface area (Å²) < 4.78 is 6.04. The van der Waals surface area contributed by atoms with E-state index in [1.165, 1.54) is 0 Å². The van der Waals surface area contributed by atoms with Gasteiger partial charge in [-0.1, -0.05) is 18.2 Å². The minimum atomic E-state index is 0.244. The molecule has 4 rings (SSSR count). The van der Waals surface area contributed by atoms with E-state index in [9.17, 15) is 4.79 Å². The van der Waals surface area contributed by atoms with E-state index in [-0.39, 0.29) is 5.78 Å². The summed E-state index contributed by atoms with van der Waals surface area (Å²) in [5.74, 6) is 1.04. The maximum atomic E-state index is 12.3. The number of nitrogens with one attached hydrogen (secondary N) is 1. The summed E-state index contributed by atoms with van der Waals surface area (Å²) in [6.45, 7) is 2.39. The molecule has 1 aromatic carbocycles. The molecular weight excluding hydrogens is 312 g/mol. The van der Waals surface area contributed by atoms with E-state index in [0.717, 1.165) is 52.4 Å². The molecule has 4 nitrogen and oxygen atoms in total. The first-order valence-electron chi connectivity index (χ1n) is 8.61. The maximum absolute atomic E-state index is 12.3. The number of fused-ring (bicyclic) bond motifs is 1. The molecule has 0 amide bonds. The van der Waals surface area contributed by atoms with Crippen LogP contribution in [0.1, 0.15) is 40.2 Å². The van der Waals surface area contributed by atoms with E-state index >= 15 is 0 Å². The Labute approximate surface area is 146 Å². The SMILES string of the molecule is Cc1[nH]c(-c2ccccc2OCc2ccccn2)c2c1C(=O)CCC2. The van der Waals surface area contributed by atoms with Crippen molar-refractivity contribution in [2.45, 2.75) is 32.8 Å². The molecule has 0 unspecified atom stereocenters. The fraction of sp³-hybridized carbons (Fsp3) is 0.238. The molecule has 1 aliphatic carbocycles. The molecule has 2 heterocycles. The molecule has 0 radical (unpaired) electrons. The van der Waals surface area contributed by atoms with Crippen LogP contribution >= 0.6 is 0 Å². The van der Waals surface area contributed by atoms with Crippen LogP contribution in [0.4, 0.5) is 0 Å². The molecule has 4 heteroatoms. The van der Waals surface area contributed by atoms with Gasteiger partial charge in [-0.3, -0.25) is 9.78 Å². The monoisotopic (exact) mass is 332 g/mol. The normalized spacial score (nSPS) is 13.6. The van der Waals surface area contributed by atoms with E-state index in [1.807, 2.05) is 49.4 Å². The topological polar surface area (TPSA) is 55.0 Å². The van der Waals surface area contributed by atoms with E-state index in [4.69, 9.17) is 4.74 Å². The van der Waals surface area contributed by atoms with Gasteiger partial charge in [0.05, 0.1) is 11.4 Å². The van der Waals surface area contributed by atoms with Crippen LogP contribution in [0.5, 0.6) is 5.75 Å². The highest BCUT2D eigenvalue weighted by atomic mass is 16.5. The number of aromatic nitrogens is 2. The molecule has 1 aliphatic rings. The zero-order valence-corrected chi connectivity index (χ0v) is 14.2. The second-order valence-corrected chi connectivity index (χ2v) is 6.36. The highest BCUT2D eigenvalue weighted by Crippen LogP contribution is 2.37. The van der Waals surface area contributed by atoms with Gasteiger partial charge in [0.2, 0.25) is 0 Å². The number of nitrogens with zero attached hydrogens (tertiary/aromatic N) is 1. The fourth-order valence-electron chi connectivity index (χ4n) is 3.52. The molecule has 25 heavy (non-hydrogen) atoms. The van der Waals surface area contributed by atoms with Crippen LogP contribution in [0.3, 0.4) is 0 Å². The van der Waals surface area contributed by atoms with Gasteiger partial charge < -0.3 is 9.72 Å². The Bertz CT molecular complexity index is 913. The Kier molecular flexibility index (Phi) is 4.10. The van der Waals surface area contributed by atoms with Crippen molar-refractivity contribution >= 4 is 5.78 Å². The van der Waals surface area contributed by atoms with E-state index in [1.54, 1.807) is 6.20 Å². The lowest BCUT2D eigenvalue weighted by molar-refractivity contribution is 0.0972. The predicted molar refractivity (Wildman–Crippen MR) is 96.8 cm³/mol. The standard InChI is InChI=1S/C21H20N2O2/c1-14-20-17(9-6-10-18(20)24)21(23-14)16-8-2-3-11-19(16)25-13-15-7-4-5-12-22-15/h2-5,7-8,11-12,23H,6,9-10,13H2,1H3. The first-order valence-corrected chi connectivity index (χ1v) is 8.61. The van der Waals surface area contributed by atoms with Gasteiger partial charge >= 0.3 is 0 Å².